The fraction of sp³-hybridized carbons (Fsp3) is 0.302. The summed E-state index contributed by atoms with van der Waals surface area (Å²) in [7, 11) is 1.69. The number of aryl methyl sites for hydroxylation is 2. The van der Waals surface area contributed by atoms with Crippen molar-refractivity contribution < 1.29 is 14.6 Å². The van der Waals surface area contributed by atoms with E-state index in [0.717, 1.165) is 76.3 Å². The minimum Gasteiger partial charge on any atom is -0.497 e. The Morgan fingerprint density at radius 1 is 0.800 bits per heavy atom. The van der Waals surface area contributed by atoms with Gasteiger partial charge in [-0.25, -0.2) is 4.79 Å². The molecule has 0 aliphatic heterocycles. The number of carboxylic acid groups (broad SMARTS) is 1. The van der Waals surface area contributed by atoms with Crippen molar-refractivity contribution in [2.45, 2.75) is 78.1 Å². The van der Waals surface area contributed by atoms with Crippen LogP contribution in [0.5, 0.6) is 5.75 Å². The van der Waals surface area contributed by atoms with Crippen LogP contribution in [0.15, 0.2) is 84.4 Å². The molecule has 0 saturated heterocycles. The van der Waals surface area contributed by atoms with Gasteiger partial charge in [-0.15, -0.1) is 22.7 Å². The van der Waals surface area contributed by atoms with Crippen molar-refractivity contribution in [2.75, 3.05) is 7.11 Å². The molecule has 0 fully saturated rings. The van der Waals surface area contributed by atoms with Crippen LogP contribution in [0.4, 0.5) is 0 Å². The van der Waals surface area contributed by atoms with Crippen LogP contribution >= 0.6 is 22.7 Å². The zero-order chi connectivity index (χ0) is 35.0. The van der Waals surface area contributed by atoms with Crippen LogP contribution in [0, 0.1) is 11.3 Å². The molecule has 7 heteroatoms. The van der Waals surface area contributed by atoms with Gasteiger partial charge in [0.05, 0.1) is 18.1 Å². The lowest BCUT2D eigenvalue weighted by Crippen LogP contribution is -1.97. The van der Waals surface area contributed by atoms with Gasteiger partial charge in [-0.2, -0.15) is 5.26 Å². The number of para-hydroxylation sites is 1. The summed E-state index contributed by atoms with van der Waals surface area (Å²) in [6, 6.07) is 30.2. The third kappa shape index (κ3) is 7.57. The molecule has 0 aliphatic carbocycles. The zero-order valence-electron chi connectivity index (χ0n) is 29.1. The molecular formula is C43H44N2O3S2. The Kier molecular flexibility index (Phi) is 11.5. The molecular weight excluding hydrogens is 657 g/mol. The monoisotopic (exact) mass is 700 g/mol. The number of nitrogens with zero attached hydrogens (tertiary/aromatic N) is 2. The topological polar surface area (TPSA) is 75.2 Å². The van der Waals surface area contributed by atoms with E-state index >= 15 is 0 Å². The van der Waals surface area contributed by atoms with Crippen molar-refractivity contribution in [3.8, 4) is 37.7 Å². The SMILES string of the molecule is CCCCCCc1cc(-c2sc(-c3ccc4c(c3)c3ccccc3n4-c3ccc(OC)cc3)cc2CCCCCC)sc1/C=C(\C#N)C(=O)O. The first-order chi connectivity index (χ1) is 24.4. The van der Waals surface area contributed by atoms with E-state index in [-0.39, 0.29) is 5.57 Å². The predicted octanol–water partition coefficient (Wildman–Crippen LogP) is 12.5. The number of fused-ring (bicyclic) bond motifs is 3. The van der Waals surface area contributed by atoms with Gasteiger partial charge >= 0.3 is 5.97 Å². The van der Waals surface area contributed by atoms with Crippen LogP contribution in [0.25, 0.3) is 53.8 Å². The number of methoxy groups -OCH3 is 1. The largest absolute Gasteiger partial charge is 0.497 e. The van der Waals surface area contributed by atoms with Crippen molar-refractivity contribution in [3.63, 3.8) is 0 Å². The second-order valence-corrected chi connectivity index (χ2v) is 15.0. The number of thiophene rings is 2. The Bertz CT molecular complexity index is 2180. The highest BCUT2D eigenvalue weighted by Crippen LogP contribution is 2.45. The van der Waals surface area contributed by atoms with Crippen LogP contribution in [0.3, 0.4) is 0 Å². The highest BCUT2D eigenvalue weighted by molar-refractivity contribution is 7.24. The lowest BCUT2D eigenvalue weighted by molar-refractivity contribution is -0.132. The molecule has 5 nitrogen and oxygen atoms in total. The third-order valence-corrected chi connectivity index (χ3v) is 11.9. The number of ether oxygens (including phenoxy) is 1. The molecule has 3 aromatic heterocycles. The zero-order valence-corrected chi connectivity index (χ0v) is 30.8. The van der Waals surface area contributed by atoms with Gasteiger partial charge in [0, 0.05) is 36.0 Å². The van der Waals surface area contributed by atoms with Crippen LogP contribution in [0.1, 0.15) is 81.2 Å². The lowest BCUT2D eigenvalue weighted by Gasteiger charge is -2.09. The molecule has 3 aromatic carbocycles. The molecule has 0 aliphatic rings. The molecule has 1 N–H and O–H groups in total. The number of unbranched alkanes of at least 4 members (excludes halogenated alkanes) is 6. The molecule has 3 heterocycles. The van der Waals surface area contributed by atoms with Gasteiger partial charge in [-0.3, -0.25) is 0 Å². The molecule has 0 amide bonds. The quantitative estimate of drug-likeness (QED) is 0.0619. The predicted molar refractivity (Wildman–Crippen MR) is 211 cm³/mol. The summed E-state index contributed by atoms with van der Waals surface area (Å²) in [5.41, 5.74) is 6.86. The average molecular weight is 701 g/mol. The lowest BCUT2D eigenvalue weighted by atomic mass is 10.0. The summed E-state index contributed by atoms with van der Waals surface area (Å²) in [5, 5.41) is 21.6. The van der Waals surface area contributed by atoms with Crippen LogP contribution in [-0.2, 0) is 17.6 Å². The maximum absolute atomic E-state index is 11.8. The van der Waals surface area contributed by atoms with E-state index in [2.05, 4.69) is 85.1 Å². The first kappa shape index (κ1) is 35.2. The molecule has 256 valence electrons. The van der Waals surface area contributed by atoms with E-state index in [9.17, 15) is 15.2 Å². The van der Waals surface area contributed by atoms with E-state index in [1.807, 2.05) is 29.5 Å². The Morgan fingerprint density at radius 3 is 2.16 bits per heavy atom. The van der Waals surface area contributed by atoms with Gasteiger partial charge in [0.15, 0.2) is 0 Å². The summed E-state index contributed by atoms with van der Waals surface area (Å²) in [6.07, 6.45) is 12.7. The van der Waals surface area contributed by atoms with Gasteiger partial charge < -0.3 is 14.4 Å². The Balaban J connectivity index is 1.44. The van der Waals surface area contributed by atoms with Crippen molar-refractivity contribution in [1.82, 2.24) is 4.57 Å². The number of aromatic nitrogens is 1. The van der Waals surface area contributed by atoms with Gasteiger partial charge in [-0.05, 0) is 103 Å². The van der Waals surface area contributed by atoms with Gasteiger partial charge in [0.25, 0.3) is 0 Å². The number of rotatable bonds is 16. The van der Waals surface area contributed by atoms with E-state index in [1.165, 1.54) is 57.3 Å². The van der Waals surface area contributed by atoms with Crippen LogP contribution in [-0.4, -0.2) is 22.8 Å². The number of carbonyl (C=O) groups is 1. The summed E-state index contributed by atoms with van der Waals surface area (Å²) < 4.78 is 7.75. The van der Waals surface area contributed by atoms with Crippen molar-refractivity contribution in [3.05, 3.63) is 100 Å². The highest BCUT2D eigenvalue weighted by atomic mass is 32.1. The molecule has 50 heavy (non-hydrogen) atoms. The number of hydrogen-bond acceptors (Lipinski definition) is 5. The second kappa shape index (κ2) is 16.4. The summed E-state index contributed by atoms with van der Waals surface area (Å²) in [5.74, 6) is -0.348. The Labute approximate surface area is 303 Å². The molecule has 0 bridgehead atoms. The summed E-state index contributed by atoms with van der Waals surface area (Å²) in [4.78, 5) is 16.3. The molecule has 6 aromatic rings. The van der Waals surface area contributed by atoms with Gasteiger partial charge in [0.2, 0.25) is 0 Å². The van der Waals surface area contributed by atoms with E-state index in [0.29, 0.717) is 0 Å². The molecule has 0 radical (unpaired) electrons. The third-order valence-electron chi connectivity index (χ3n) is 9.39. The normalized spacial score (nSPS) is 11.8. The standard InChI is InChI=1S/C43H44N2O3S2/c1-4-6-8-10-14-29-25-41(49-39(29)27-32(28-44)43(46)47)42-31(15-11-9-7-5-2)26-40(50-42)30-18-23-38-36(24-30)35-16-12-13-17-37(35)45(38)33-19-21-34(48-3)22-20-33/h12-13,16-27H,4-11,14-15H2,1-3H3,(H,46,47)/b32-27+. The fourth-order valence-electron chi connectivity index (χ4n) is 6.73. The van der Waals surface area contributed by atoms with Crippen molar-refractivity contribution in [1.29, 1.82) is 5.26 Å². The number of aliphatic carboxylic acids is 1. The van der Waals surface area contributed by atoms with E-state index in [1.54, 1.807) is 24.5 Å². The first-order valence-electron chi connectivity index (χ1n) is 17.7. The molecule has 0 atom stereocenters. The maximum atomic E-state index is 11.8. The Hall–Kier alpha value is -4.64. The first-order valence-corrected chi connectivity index (χ1v) is 19.4. The smallest absolute Gasteiger partial charge is 0.346 e. The maximum Gasteiger partial charge on any atom is 0.346 e. The van der Waals surface area contributed by atoms with Crippen LogP contribution in [0.2, 0.25) is 0 Å². The molecule has 6 rings (SSSR count). The summed E-state index contributed by atoms with van der Waals surface area (Å²) in [6.45, 7) is 4.45. The molecule has 0 spiro atoms. The van der Waals surface area contributed by atoms with Crippen LogP contribution < -0.4 is 4.74 Å². The fourth-order valence-corrected chi connectivity index (χ4v) is 9.23. The molecule has 0 unspecified atom stereocenters. The Morgan fingerprint density at radius 2 is 1.48 bits per heavy atom. The summed E-state index contributed by atoms with van der Waals surface area (Å²) >= 11 is 3.44. The van der Waals surface area contributed by atoms with Crippen molar-refractivity contribution >= 4 is 56.5 Å². The number of carboxylic acids is 1. The number of benzene rings is 3. The second-order valence-electron chi connectivity index (χ2n) is 12.8. The highest BCUT2D eigenvalue weighted by Gasteiger charge is 2.20. The number of hydrogen-bond donors (Lipinski definition) is 1. The molecule has 0 saturated carbocycles. The van der Waals surface area contributed by atoms with Crippen molar-refractivity contribution in [2.24, 2.45) is 0 Å². The number of nitriles is 1. The van der Waals surface area contributed by atoms with Gasteiger partial charge in [-0.1, -0.05) is 76.6 Å². The average Bonchev–Trinajstić information content (AvgIpc) is 3.84. The van der Waals surface area contributed by atoms with Gasteiger partial charge in [0.1, 0.15) is 17.4 Å². The minimum absolute atomic E-state index is 0.220. The minimum atomic E-state index is -1.18. The van der Waals surface area contributed by atoms with E-state index in [4.69, 9.17) is 4.74 Å². The van der Waals surface area contributed by atoms with E-state index < -0.39 is 5.97 Å².